The van der Waals surface area contributed by atoms with Crippen LogP contribution in [0.25, 0.3) is 0 Å². The van der Waals surface area contributed by atoms with Crippen molar-refractivity contribution in [2.45, 2.75) is 31.8 Å². The van der Waals surface area contributed by atoms with Crippen molar-refractivity contribution in [3.05, 3.63) is 70.8 Å². The van der Waals surface area contributed by atoms with Gasteiger partial charge in [-0.15, -0.1) is 0 Å². The van der Waals surface area contributed by atoms with Gasteiger partial charge in [-0.25, -0.2) is 8.78 Å². The number of halogens is 2. The standard InChI is InChI=1S/C17H17F2N/c18-16-8-7-15(17(19)9-16)11-20-10-12-1-3-13(4-2-12)14-5-6-14/h1-4,7-9,14,20H,5-6,10-11H2. The van der Waals surface area contributed by atoms with E-state index in [0.717, 1.165) is 12.0 Å². The van der Waals surface area contributed by atoms with E-state index in [2.05, 4.69) is 29.6 Å². The Morgan fingerprint density at radius 3 is 2.35 bits per heavy atom. The lowest BCUT2D eigenvalue weighted by atomic mass is 10.1. The normalized spacial score (nSPS) is 14.5. The van der Waals surface area contributed by atoms with Crippen molar-refractivity contribution in [3.63, 3.8) is 0 Å². The predicted octanol–water partition coefficient (Wildman–Crippen LogP) is 4.13. The SMILES string of the molecule is Fc1ccc(CNCc2ccc(C3CC3)cc2)c(F)c1. The van der Waals surface area contributed by atoms with E-state index in [1.807, 2.05) is 0 Å². The van der Waals surface area contributed by atoms with Gasteiger partial charge >= 0.3 is 0 Å². The molecule has 104 valence electrons. The molecule has 0 aromatic heterocycles. The first-order chi connectivity index (χ1) is 9.72. The fourth-order valence-corrected chi connectivity index (χ4v) is 2.33. The molecule has 1 fully saturated rings. The minimum atomic E-state index is -0.540. The maximum Gasteiger partial charge on any atom is 0.130 e. The minimum Gasteiger partial charge on any atom is -0.309 e. The molecule has 0 atom stereocenters. The van der Waals surface area contributed by atoms with E-state index in [0.29, 0.717) is 18.7 Å². The Kier molecular flexibility index (Phi) is 3.79. The van der Waals surface area contributed by atoms with Crippen molar-refractivity contribution in [3.8, 4) is 0 Å². The summed E-state index contributed by atoms with van der Waals surface area (Å²) in [6.45, 7) is 1.08. The Bertz CT molecular complexity index is 588. The number of nitrogens with one attached hydrogen (secondary N) is 1. The Morgan fingerprint density at radius 1 is 0.950 bits per heavy atom. The molecule has 20 heavy (non-hydrogen) atoms. The summed E-state index contributed by atoms with van der Waals surface area (Å²) in [5.41, 5.74) is 3.08. The maximum atomic E-state index is 13.4. The fourth-order valence-electron chi connectivity index (χ4n) is 2.33. The third kappa shape index (κ3) is 3.23. The van der Waals surface area contributed by atoms with Crippen LogP contribution in [0.2, 0.25) is 0 Å². The van der Waals surface area contributed by atoms with Crippen molar-refractivity contribution in [2.75, 3.05) is 0 Å². The summed E-state index contributed by atoms with van der Waals surface area (Å²) in [6.07, 6.45) is 2.61. The van der Waals surface area contributed by atoms with Crippen LogP contribution in [0.1, 0.15) is 35.4 Å². The first-order valence-electron chi connectivity index (χ1n) is 6.96. The van der Waals surface area contributed by atoms with E-state index < -0.39 is 11.6 Å². The van der Waals surface area contributed by atoms with Gasteiger partial charge in [0.05, 0.1) is 0 Å². The summed E-state index contributed by atoms with van der Waals surface area (Å²) < 4.78 is 26.2. The second-order valence-corrected chi connectivity index (χ2v) is 5.36. The van der Waals surface area contributed by atoms with E-state index >= 15 is 0 Å². The van der Waals surface area contributed by atoms with Crippen LogP contribution >= 0.6 is 0 Å². The molecule has 0 radical (unpaired) electrons. The highest BCUT2D eigenvalue weighted by Gasteiger charge is 2.22. The zero-order valence-corrected chi connectivity index (χ0v) is 11.2. The molecule has 1 saturated carbocycles. The van der Waals surface area contributed by atoms with E-state index in [-0.39, 0.29) is 0 Å². The molecule has 2 aromatic rings. The largest absolute Gasteiger partial charge is 0.309 e. The predicted molar refractivity (Wildman–Crippen MR) is 75.3 cm³/mol. The number of hydrogen-bond acceptors (Lipinski definition) is 1. The lowest BCUT2D eigenvalue weighted by molar-refractivity contribution is 0.560. The van der Waals surface area contributed by atoms with Crippen LogP contribution in [0.15, 0.2) is 42.5 Å². The highest BCUT2D eigenvalue weighted by atomic mass is 19.1. The first kappa shape index (κ1) is 13.3. The van der Waals surface area contributed by atoms with Gasteiger partial charge in [0.25, 0.3) is 0 Å². The van der Waals surface area contributed by atoms with E-state index in [1.54, 1.807) is 0 Å². The Hall–Kier alpha value is -1.74. The Labute approximate surface area is 117 Å². The summed E-state index contributed by atoms with van der Waals surface area (Å²) in [5.74, 6) is -0.270. The van der Waals surface area contributed by atoms with Gasteiger partial charge in [0.15, 0.2) is 0 Å². The lowest BCUT2D eigenvalue weighted by Crippen LogP contribution is -2.13. The van der Waals surface area contributed by atoms with Crippen LogP contribution in [0.4, 0.5) is 8.78 Å². The van der Waals surface area contributed by atoms with Crippen LogP contribution in [0, 0.1) is 11.6 Å². The van der Waals surface area contributed by atoms with Gasteiger partial charge in [0.1, 0.15) is 11.6 Å². The number of hydrogen-bond donors (Lipinski definition) is 1. The Morgan fingerprint density at radius 2 is 1.70 bits per heavy atom. The second-order valence-electron chi connectivity index (χ2n) is 5.36. The van der Waals surface area contributed by atoms with Crippen LogP contribution in [0.3, 0.4) is 0 Å². The molecular weight excluding hydrogens is 256 g/mol. The third-order valence-corrected chi connectivity index (χ3v) is 3.69. The topological polar surface area (TPSA) is 12.0 Å². The van der Waals surface area contributed by atoms with Crippen LogP contribution in [-0.2, 0) is 13.1 Å². The van der Waals surface area contributed by atoms with Crippen LogP contribution in [0.5, 0.6) is 0 Å². The van der Waals surface area contributed by atoms with Crippen molar-refractivity contribution in [1.82, 2.24) is 5.32 Å². The summed E-state index contributed by atoms with van der Waals surface area (Å²) in [6, 6.07) is 12.3. The van der Waals surface area contributed by atoms with Crippen molar-refractivity contribution in [2.24, 2.45) is 0 Å². The van der Waals surface area contributed by atoms with Gasteiger partial charge in [0, 0.05) is 24.7 Å². The zero-order chi connectivity index (χ0) is 13.9. The number of rotatable bonds is 5. The Balaban J connectivity index is 1.53. The van der Waals surface area contributed by atoms with E-state index in [1.165, 1.54) is 36.1 Å². The zero-order valence-electron chi connectivity index (χ0n) is 11.2. The maximum absolute atomic E-state index is 13.4. The van der Waals surface area contributed by atoms with Gasteiger partial charge in [-0.1, -0.05) is 30.3 Å². The molecule has 1 nitrogen and oxygen atoms in total. The smallest absolute Gasteiger partial charge is 0.130 e. The highest BCUT2D eigenvalue weighted by Crippen LogP contribution is 2.39. The van der Waals surface area contributed by atoms with Gasteiger partial charge in [-0.05, 0) is 36.0 Å². The van der Waals surface area contributed by atoms with Gasteiger partial charge in [0.2, 0.25) is 0 Å². The lowest BCUT2D eigenvalue weighted by Gasteiger charge is -2.07. The highest BCUT2D eigenvalue weighted by molar-refractivity contribution is 5.28. The second kappa shape index (κ2) is 5.71. The molecule has 0 aliphatic heterocycles. The molecule has 0 unspecified atom stereocenters. The summed E-state index contributed by atoms with van der Waals surface area (Å²) in [4.78, 5) is 0. The molecule has 0 saturated heterocycles. The number of benzene rings is 2. The molecule has 0 amide bonds. The average Bonchev–Trinajstić information content (AvgIpc) is 3.26. The van der Waals surface area contributed by atoms with Gasteiger partial charge in [-0.3, -0.25) is 0 Å². The third-order valence-electron chi connectivity index (χ3n) is 3.69. The minimum absolute atomic E-state index is 0.399. The molecule has 1 aliphatic rings. The summed E-state index contributed by atoms with van der Waals surface area (Å²) in [7, 11) is 0. The van der Waals surface area contributed by atoms with Gasteiger partial charge < -0.3 is 5.32 Å². The molecule has 0 spiro atoms. The monoisotopic (exact) mass is 273 g/mol. The molecule has 2 aromatic carbocycles. The van der Waals surface area contributed by atoms with E-state index in [4.69, 9.17) is 0 Å². The molecule has 0 heterocycles. The molecule has 1 aliphatic carbocycles. The first-order valence-corrected chi connectivity index (χ1v) is 6.96. The van der Waals surface area contributed by atoms with Crippen LogP contribution < -0.4 is 5.32 Å². The van der Waals surface area contributed by atoms with Crippen molar-refractivity contribution >= 4 is 0 Å². The average molecular weight is 273 g/mol. The van der Waals surface area contributed by atoms with Crippen molar-refractivity contribution in [1.29, 1.82) is 0 Å². The van der Waals surface area contributed by atoms with Gasteiger partial charge in [-0.2, -0.15) is 0 Å². The fraction of sp³-hybridized carbons (Fsp3) is 0.294. The molecule has 0 bridgehead atoms. The van der Waals surface area contributed by atoms with E-state index in [9.17, 15) is 8.78 Å². The molecule has 3 rings (SSSR count). The van der Waals surface area contributed by atoms with Crippen LogP contribution in [-0.4, -0.2) is 0 Å². The summed E-state index contributed by atoms with van der Waals surface area (Å²) in [5, 5.41) is 3.18. The quantitative estimate of drug-likeness (QED) is 0.863. The van der Waals surface area contributed by atoms with Crippen molar-refractivity contribution < 1.29 is 8.78 Å². The molecule has 1 N–H and O–H groups in total. The molecule has 3 heteroatoms. The molecular formula is C17H17F2N. The summed E-state index contributed by atoms with van der Waals surface area (Å²) >= 11 is 0.